The maximum Gasteiger partial charge on any atom is 0.342 e. The maximum atomic E-state index is 12.4. The molecule has 0 unspecified atom stereocenters. The third-order valence-electron chi connectivity index (χ3n) is 3.81. The van der Waals surface area contributed by atoms with Gasteiger partial charge in [-0.1, -0.05) is 36.4 Å². The molecule has 1 N–H and O–H groups in total. The van der Waals surface area contributed by atoms with E-state index in [2.05, 4.69) is 0 Å². The smallest absolute Gasteiger partial charge is 0.342 e. The highest BCUT2D eigenvalue weighted by atomic mass is 16.5. The minimum atomic E-state index is -1.01. The van der Waals surface area contributed by atoms with Gasteiger partial charge in [0.15, 0.2) is 6.29 Å². The van der Waals surface area contributed by atoms with E-state index in [9.17, 15) is 14.7 Å². The molecule has 3 rings (SSSR count). The van der Waals surface area contributed by atoms with Gasteiger partial charge < -0.3 is 9.84 Å². The van der Waals surface area contributed by atoms with Gasteiger partial charge >= 0.3 is 5.97 Å². The molecule has 0 saturated heterocycles. The lowest BCUT2D eigenvalue weighted by Crippen LogP contribution is -2.16. The first-order chi connectivity index (χ1) is 10.6. The van der Waals surface area contributed by atoms with Crippen LogP contribution >= 0.6 is 0 Å². The van der Waals surface area contributed by atoms with Crippen molar-refractivity contribution < 1.29 is 19.4 Å². The van der Waals surface area contributed by atoms with Gasteiger partial charge in [-0.2, -0.15) is 0 Å². The fourth-order valence-electron chi connectivity index (χ4n) is 2.67. The Balaban J connectivity index is 1.94. The van der Waals surface area contributed by atoms with Crippen molar-refractivity contribution in [3.05, 3.63) is 70.8 Å². The van der Waals surface area contributed by atoms with Crippen LogP contribution in [0, 0.1) is 0 Å². The number of carbonyl (C=O) groups excluding carboxylic acids is 2. The van der Waals surface area contributed by atoms with Crippen LogP contribution in [0.2, 0.25) is 0 Å². The lowest BCUT2D eigenvalue weighted by molar-refractivity contribution is -0.131. The van der Waals surface area contributed by atoms with Gasteiger partial charge in [-0.15, -0.1) is 0 Å². The molecule has 110 valence electrons. The van der Waals surface area contributed by atoms with Gasteiger partial charge in [0.1, 0.15) is 11.9 Å². The first-order valence-corrected chi connectivity index (χ1v) is 6.88. The van der Waals surface area contributed by atoms with E-state index >= 15 is 0 Å². The van der Waals surface area contributed by atoms with Gasteiger partial charge in [-0.25, -0.2) is 4.79 Å². The number of aliphatic hydroxyl groups is 1. The summed E-state index contributed by atoms with van der Waals surface area (Å²) in [5.74, 6) is -0.457. The molecule has 22 heavy (non-hydrogen) atoms. The fourth-order valence-corrected chi connectivity index (χ4v) is 2.67. The quantitative estimate of drug-likeness (QED) is 0.537. The molecular formula is C18H14O4. The average molecular weight is 294 g/mol. The maximum absolute atomic E-state index is 12.4. The van der Waals surface area contributed by atoms with Gasteiger partial charge in [-0.05, 0) is 35.8 Å². The Bertz CT molecular complexity index is 789. The molecule has 0 radical (unpaired) electrons. The first-order valence-electron chi connectivity index (χ1n) is 6.88. The number of allylic oxidation sites excluding steroid dienone is 1. The molecule has 1 atom stereocenters. The van der Waals surface area contributed by atoms with Gasteiger partial charge in [0, 0.05) is 0 Å². The van der Waals surface area contributed by atoms with Crippen molar-refractivity contribution in [3.8, 4) is 5.75 Å². The van der Waals surface area contributed by atoms with Crippen molar-refractivity contribution in [2.45, 2.75) is 13.0 Å². The van der Waals surface area contributed by atoms with E-state index in [1.165, 1.54) is 0 Å². The summed E-state index contributed by atoms with van der Waals surface area (Å²) in [7, 11) is 0. The molecular weight excluding hydrogens is 280 g/mol. The van der Waals surface area contributed by atoms with Crippen molar-refractivity contribution in [2.24, 2.45) is 0 Å². The molecule has 0 aliphatic heterocycles. The highest BCUT2D eigenvalue weighted by Crippen LogP contribution is 2.40. The lowest BCUT2D eigenvalue weighted by atomic mass is 10.1. The summed E-state index contributed by atoms with van der Waals surface area (Å²) in [5, 5.41) is 10.4. The number of esters is 1. The Morgan fingerprint density at radius 2 is 1.82 bits per heavy atom. The largest absolute Gasteiger partial charge is 0.422 e. The van der Waals surface area contributed by atoms with Crippen LogP contribution < -0.4 is 4.74 Å². The number of rotatable bonds is 3. The minimum absolute atomic E-state index is 0.186. The van der Waals surface area contributed by atoms with Gasteiger partial charge in [0.2, 0.25) is 0 Å². The molecule has 4 heteroatoms. The van der Waals surface area contributed by atoms with E-state index in [1.807, 2.05) is 18.2 Å². The van der Waals surface area contributed by atoms with E-state index in [0.29, 0.717) is 23.0 Å². The third kappa shape index (κ3) is 2.23. The molecule has 0 amide bonds. The van der Waals surface area contributed by atoms with E-state index in [0.717, 1.165) is 5.56 Å². The van der Waals surface area contributed by atoms with Crippen LogP contribution in [0.5, 0.6) is 5.75 Å². The number of hydrogen-bond acceptors (Lipinski definition) is 4. The van der Waals surface area contributed by atoms with Crippen LogP contribution in [0.25, 0.3) is 5.57 Å². The molecule has 2 aromatic rings. The van der Waals surface area contributed by atoms with Gasteiger partial charge in [-0.3, -0.25) is 4.79 Å². The second-order valence-electron chi connectivity index (χ2n) is 5.07. The van der Waals surface area contributed by atoms with E-state index in [1.54, 1.807) is 37.3 Å². The summed E-state index contributed by atoms with van der Waals surface area (Å²) in [6, 6.07) is 13.8. The Morgan fingerprint density at radius 3 is 2.55 bits per heavy atom. The van der Waals surface area contributed by atoms with Crippen LogP contribution in [0.15, 0.2) is 54.1 Å². The van der Waals surface area contributed by atoms with Gasteiger partial charge in [0.25, 0.3) is 0 Å². The molecule has 0 spiro atoms. The van der Waals surface area contributed by atoms with Crippen LogP contribution in [-0.2, 0) is 4.79 Å². The number of para-hydroxylation sites is 1. The molecule has 4 nitrogen and oxygen atoms in total. The molecule has 0 aromatic heterocycles. The number of aldehydes is 1. The highest BCUT2D eigenvalue weighted by Gasteiger charge is 2.33. The Hall–Kier alpha value is -2.72. The number of ether oxygens (including phenoxy) is 1. The second-order valence-corrected chi connectivity index (χ2v) is 5.07. The second kappa shape index (κ2) is 5.58. The molecule has 0 bridgehead atoms. The number of aliphatic hydroxyl groups excluding tert-OH is 1. The molecule has 1 aliphatic rings. The van der Waals surface area contributed by atoms with E-state index in [-0.39, 0.29) is 11.3 Å². The number of fused-ring (bicyclic) bond motifs is 1. The summed E-state index contributed by atoms with van der Waals surface area (Å²) in [4.78, 5) is 23.4. The van der Waals surface area contributed by atoms with Crippen molar-refractivity contribution >= 4 is 17.8 Å². The summed E-state index contributed by atoms with van der Waals surface area (Å²) in [6.07, 6.45) is -0.379. The summed E-state index contributed by atoms with van der Waals surface area (Å²) < 4.78 is 5.30. The standard InChI is InChI=1S/C18H14O4/c1-11-13-7-3-4-8-14(13)17(20)16(11)18(21)22-15-9-5-2-6-12(15)10-19/h2-10,17,20H,1H3/t17-/m1/s1. The normalized spacial score (nSPS) is 16.4. The topological polar surface area (TPSA) is 63.6 Å². The molecule has 2 aromatic carbocycles. The van der Waals surface area contributed by atoms with Crippen LogP contribution in [0.4, 0.5) is 0 Å². The summed E-state index contributed by atoms with van der Waals surface area (Å²) in [6.45, 7) is 1.78. The number of carbonyl (C=O) groups is 2. The summed E-state index contributed by atoms with van der Waals surface area (Å²) in [5.41, 5.74) is 2.72. The molecule has 0 heterocycles. The molecule has 1 aliphatic carbocycles. The van der Waals surface area contributed by atoms with Crippen LogP contribution in [0.3, 0.4) is 0 Å². The van der Waals surface area contributed by atoms with Crippen molar-refractivity contribution in [1.29, 1.82) is 0 Å². The zero-order chi connectivity index (χ0) is 15.7. The van der Waals surface area contributed by atoms with E-state index < -0.39 is 12.1 Å². The van der Waals surface area contributed by atoms with Crippen molar-refractivity contribution in [2.75, 3.05) is 0 Å². The minimum Gasteiger partial charge on any atom is -0.422 e. The molecule has 0 saturated carbocycles. The van der Waals surface area contributed by atoms with Crippen molar-refractivity contribution in [3.63, 3.8) is 0 Å². The first kappa shape index (κ1) is 14.2. The molecule has 0 fully saturated rings. The fraction of sp³-hybridized carbons (Fsp3) is 0.111. The number of hydrogen-bond donors (Lipinski definition) is 1. The Morgan fingerprint density at radius 1 is 1.14 bits per heavy atom. The third-order valence-corrected chi connectivity index (χ3v) is 3.81. The average Bonchev–Trinajstić information content (AvgIpc) is 2.80. The monoisotopic (exact) mass is 294 g/mol. The van der Waals surface area contributed by atoms with E-state index in [4.69, 9.17) is 4.74 Å². The Labute approximate surface area is 127 Å². The summed E-state index contributed by atoms with van der Waals surface area (Å²) >= 11 is 0. The SMILES string of the molecule is CC1=C(C(=O)Oc2ccccc2C=O)[C@H](O)c2ccccc21. The van der Waals surface area contributed by atoms with Gasteiger partial charge in [0.05, 0.1) is 11.1 Å². The predicted molar refractivity (Wildman–Crippen MR) is 81.5 cm³/mol. The van der Waals surface area contributed by atoms with Crippen LogP contribution in [0.1, 0.15) is 34.5 Å². The lowest BCUT2D eigenvalue weighted by Gasteiger charge is -2.11. The predicted octanol–water partition coefficient (Wildman–Crippen LogP) is 2.93. The Kier molecular flexibility index (Phi) is 3.61. The zero-order valence-corrected chi connectivity index (χ0v) is 11.9. The van der Waals surface area contributed by atoms with Crippen molar-refractivity contribution in [1.82, 2.24) is 0 Å². The zero-order valence-electron chi connectivity index (χ0n) is 11.9. The van der Waals surface area contributed by atoms with Crippen LogP contribution in [-0.4, -0.2) is 17.4 Å². The highest BCUT2D eigenvalue weighted by molar-refractivity contribution is 6.03. The number of benzene rings is 2.